The second-order valence-electron chi connectivity index (χ2n) is 7.38. The number of aromatic nitrogens is 2. The predicted molar refractivity (Wildman–Crippen MR) is 111 cm³/mol. The van der Waals surface area contributed by atoms with Gasteiger partial charge >= 0.3 is 0 Å². The van der Waals surface area contributed by atoms with Gasteiger partial charge in [-0.25, -0.2) is 4.98 Å². The molecule has 1 aliphatic rings. The van der Waals surface area contributed by atoms with E-state index in [1.54, 1.807) is 0 Å². The fourth-order valence-electron chi connectivity index (χ4n) is 3.35. The van der Waals surface area contributed by atoms with Gasteiger partial charge in [0.15, 0.2) is 0 Å². The van der Waals surface area contributed by atoms with Gasteiger partial charge < -0.3 is 9.47 Å². The number of rotatable bonds is 7. The molecule has 5 nitrogen and oxygen atoms in total. The third-order valence-electron chi connectivity index (χ3n) is 4.96. The summed E-state index contributed by atoms with van der Waals surface area (Å²) >= 11 is 1.85. The van der Waals surface area contributed by atoms with Crippen molar-refractivity contribution < 1.29 is 4.79 Å². The van der Waals surface area contributed by atoms with Gasteiger partial charge in [-0.1, -0.05) is 26.0 Å². The molecular weight excluding hydrogens is 356 g/mol. The summed E-state index contributed by atoms with van der Waals surface area (Å²) in [7, 11) is 0. The molecule has 1 aromatic heterocycles. The molecule has 146 valence electrons. The molecule has 0 radical (unpaired) electrons. The van der Waals surface area contributed by atoms with Crippen LogP contribution >= 0.6 is 11.8 Å². The average molecular weight is 387 g/mol. The van der Waals surface area contributed by atoms with E-state index in [9.17, 15) is 4.79 Å². The number of amides is 1. The van der Waals surface area contributed by atoms with E-state index in [2.05, 4.69) is 52.6 Å². The van der Waals surface area contributed by atoms with E-state index >= 15 is 0 Å². The summed E-state index contributed by atoms with van der Waals surface area (Å²) < 4.78 is 2.18. The largest absolute Gasteiger partial charge is 0.340 e. The number of hydrogen-bond donors (Lipinski definition) is 0. The summed E-state index contributed by atoms with van der Waals surface area (Å²) in [5.74, 6) is 1.30. The zero-order chi connectivity index (χ0) is 19.2. The molecule has 0 bridgehead atoms. The lowest BCUT2D eigenvalue weighted by molar-refractivity contribution is -0.132. The zero-order valence-electron chi connectivity index (χ0n) is 16.6. The number of benzene rings is 1. The summed E-state index contributed by atoms with van der Waals surface area (Å²) in [6.45, 7) is 11.9. The first-order valence-corrected chi connectivity index (χ1v) is 10.6. The lowest BCUT2D eigenvalue weighted by Crippen LogP contribution is -2.49. The normalized spacial score (nSPS) is 15.5. The molecule has 2 heterocycles. The van der Waals surface area contributed by atoms with Crippen LogP contribution < -0.4 is 0 Å². The summed E-state index contributed by atoms with van der Waals surface area (Å²) in [6, 6.07) is 8.44. The Morgan fingerprint density at radius 1 is 1.11 bits per heavy atom. The minimum Gasteiger partial charge on any atom is -0.340 e. The van der Waals surface area contributed by atoms with Crippen LogP contribution in [0.2, 0.25) is 0 Å². The van der Waals surface area contributed by atoms with Crippen LogP contribution in [0.4, 0.5) is 0 Å². The maximum atomic E-state index is 12.6. The van der Waals surface area contributed by atoms with Crippen LogP contribution in [-0.4, -0.2) is 63.2 Å². The van der Waals surface area contributed by atoms with E-state index in [1.165, 1.54) is 4.90 Å². The van der Waals surface area contributed by atoms with E-state index in [-0.39, 0.29) is 5.91 Å². The van der Waals surface area contributed by atoms with Gasteiger partial charge in [0.2, 0.25) is 5.91 Å². The molecule has 1 saturated heterocycles. The molecule has 0 saturated carbocycles. The Bertz CT molecular complexity index is 733. The van der Waals surface area contributed by atoms with E-state index < -0.39 is 0 Å². The molecule has 2 aromatic rings. The Morgan fingerprint density at radius 2 is 1.81 bits per heavy atom. The van der Waals surface area contributed by atoms with Gasteiger partial charge in [-0.2, -0.15) is 0 Å². The van der Waals surface area contributed by atoms with Crippen LogP contribution in [0.5, 0.6) is 0 Å². The van der Waals surface area contributed by atoms with E-state index in [0.29, 0.717) is 11.7 Å². The molecule has 0 unspecified atom stereocenters. The van der Waals surface area contributed by atoms with Crippen LogP contribution in [0.3, 0.4) is 0 Å². The fourth-order valence-corrected chi connectivity index (χ4v) is 4.19. The molecule has 0 aliphatic carbocycles. The van der Waals surface area contributed by atoms with Gasteiger partial charge in [0.05, 0.1) is 6.42 Å². The minimum atomic E-state index is 0.240. The van der Waals surface area contributed by atoms with Crippen molar-refractivity contribution >= 4 is 17.7 Å². The van der Waals surface area contributed by atoms with E-state index in [4.69, 9.17) is 0 Å². The van der Waals surface area contributed by atoms with Crippen LogP contribution in [0.25, 0.3) is 0 Å². The summed E-state index contributed by atoms with van der Waals surface area (Å²) in [5.41, 5.74) is 1.10. The number of thioether (sulfide) groups is 1. The molecular formula is C21H30N4OS. The fraction of sp³-hybridized carbons (Fsp3) is 0.524. The van der Waals surface area contributed by atoms with Crippen molar-refractivity contribution in [3.8, 4) is 0 Å². The quantitative estimate of drug-likeness (QED) is 0.686. The smallest absolute Gasteiger partial charge is 0.227 e. The molecule has 1 aliphatic heterocycles. The Morgan fingerprint density at radius 3 is 2.41 bits per heavy atom. The third-order valence-corrected chi connectivity index (χ3v) is 5.97. The molecule has 3 rings (SSSR count). The molecule has 6 heteroatoms. The number of imidazole rings is 1. The monoisotopic (exact) mass is 386 g/mol. The predicted octanol–water partition coefficient (Wildman–Crippen LogP) is 3.08. The van der Waals surface area contributed by atoms with Gasteiger partial charge in [-0.3, -0.25) is 9.69 Å². The zero-order valence-corrected chi connectivity index (χ0v) is 17.4. The van der Waals surface area contributed by atoms with Crippen molar-refractivity contribution in [3.63, 3.8) is 0 Å². The number of aryl methyl sites for hydroxylation is 1. The first-order valence-electron chi connectivity index (χ1n) is 9.75. The van der Waals surface area contributed by atoms with Crippen molar-refractivity contribution in [2.45, 2.75) is 43.9 Å². The minimum absolute atomic E-state index is 0.240. The van der Waals surface area contributed by atoms with Gasteiger partial charge in [0.25, 0.3) is 0 Å². The summed E-state index contributed by atoms with van der Waals surface area (Å²) in [5, 5.41) is 0.575. The van der Waals surface area contributed by atoms with Crippen molar-refractivity contribution in [1.29, 1.82) is 0 Å². The van der Waals surface area contributed by atoms with E-state index in [1.807, 2.05) is 36.0 Å². The Hall–Kier alpha value is -1.79. The SMILES string of the molecule is Cc1nccn1CCN1CCN(C(=O)Cc2ccc(SC(C)C)cc2)CC1. The van der Waals surface area contributed by atoms with Gasteiger partial charge in [-0.05, 0) is 24.6 Å². The number of nitrogens with zero attached hydrogens (tertiary/aromatic N) is 4. The second kappa shape index (κ2) is 9.42. The van der Waals surface area contributed by atoms with Crippen molar-refractivity contribution in [2.75, 3.05) is 32.7 Å². The van der Waals surface area contributed by atoms with Crippen molar-refractivity contribution in [2.24, 2.45) is 0 Å². The maximum Gasteiger partial charge on any atom is 0.227 e. The Balaban J connectivity index is 1.42. The summed E-state index contributed by atoms with van der Waals surface area (Å²) in [6.07, 6.45) is 4.38. The van der Waals surface area contributed by atoms with Crippen molar-refractivity contribution in [1.82, 2.24) is 19.4 Å². The standard InChI is InChI=1S/C21H30N4OS/c1-17(2)27-20-6-4-19(5-7-20)16-21(26)25-14-11-23(12-15-25)10-13-24-9-8-22-18(24)3/h4-9,17H,10-16H2,1-3H3. The third kappa shape index (κ3) is 5.84. The first-order chi connectivity index (χ1) is 13.0. The Kier molecular flexibility index (Phi) is 6.96. The highest BCUT2D eigenvalue weighted by Gasteiger charge is 2.21. The van der Waals surface area contributed by atoms with Crippen LogP contribution in [0, 0.1) is 6.92 Å². The van der Waals surface area contributed by atoms with Gasteiger partial charge in [0, 0.05) is 61.8 Å². The molecule has 0 spiro atoms. The van der Waals surface area contributed by atoms with Crippen LogP contribution in [0.15, 0.2) is 41.6 Å². The molecule has 1 amide bonds. The van der Waals surface area contributed by atoms with Crippen LogP contribution in [-0.2, 0) is 17.8 Å². The average Bonchev–Trinajstić information content (AvgIpc) is 3.06. The lowest BCUT2D eigenvalue weighted by atomic mass is 10.1. The van der Waals surface area contributed by atoms with Crippen molar-refractivity contribution in [3.05, 3.63) is 48.0 Å². The highest BCUT2D eigenvalue weighted by atomic mass is 32.2. The van der Waals surface area contributed by atoms with Crippen LogP contribution in [0.1, 0.15) is 25.2 Å². The maximum absolute atomic E-state index is 12.6. The highest BCUT2D eigenvalue weighted by Crippen LogP contribution is 2.23. The topological polar surface area (TPSA) is 41.4 Å². The molecule has 0 N–H and O–H groups in total. The number of piperazine rings is 1. The number of carbonyl (C=O) groups is 1. The highest BCUT2D eigenvalue weighted by molar-refractivity contribution is 7.99. The first kappa shape index (κ1) is 20.0. The molecule has 0 atom stereocenters. The van der Waals surface area contributed by atoms with Gasteiger partial charge in [-0.15, -0.1) is 11.8 Å². The lowest BCUT2D eigenvalue weighted by Gasteiger charge is -2.35. The van der Waals surface area contributed by atoms with E-state index in [0.717, 1.165) is 50.7 Å². The molecule has 1 aromatic carbocycles. The summed E-state index contributed by atoms with van der Waals surface area (Å²) in [4.78, 5) is 22.6. The molecule has 27 heavy (non-hydrogen) atoms. The Labute approximate surface area is 166 Å². The number of hydrogen-bond acceptors (Lipinski definition) is 4. The number of carbonyl (C=O) groups excluding carboxylic acids is 1. The molecule has 1 fully saturated rings. The second-order valence-corrected chi connectivity index (χ2v) is 9.03. The van der Waals surface area contributed by atoms with Gasteiger partial charge in [0.1, 0.15) is 5.82 Å².